The van der Waals surface area contributed by atoms with Crippen molar-refractivity contribution in [1.82, 2.24) is 4.72 Å². The number of ether oxygens (including phenoxy) is 2. The van der Waals surface area contributed by atoms with Crippen LogP contribution in [0, 0.1) is 17.2 Å². The zero-order valence-corrected chi connectivity index (χ0v) is 10.0. The number of nitriles is 1. The summed E-state index contributed by atoms with van der Waals surface area (Å²) in [4.78, 5) is 22.5. The van der Waals surface area contributed by atoms with Gasteiger partial charge < -0.3 is 9.47 Å². The second-order valence-electron chi connectivity index (χ2n) is 2.62. The Morgan fingerprint density at radius 1 is 1.56 bits per heavy atom. The Morgan fingerprint density at radius 3 is 2.75 bits per heavy atom. The third-order valence-corrected chi connectivity index (χ3v) is 2.19. The molecule has 1 unspecified atom stereocenters. The molecule has 16 heavy (non-hydrogen) atoms. The number of carbonyl (C=O) groups excluding carboxylic acids is 2. The Bertz CT molecular complexity index is 277. The number of esters is 1. The van der Waals surface area contributed by atoms with Gasteiger partial charge in [-0.15, -0.1) is 0 Å². The van der Waals surface area contributed by atoms with E-state index in [0.29, 0.717) is 12.4 Å². The standard InChI is InChI=1S/C9H14N2O4S/c1-3-15-9(13)7(6-10)8(12)11-16-5-4-14-2/h7H,3-5H2,1-2H3,(H,11,12). The monoisotopic (exact) mass is 246 g/mol. The second-order valence-corrected chi connectivity index (χ2v) is 3.52. The summed E-state index contributed by atoms with van der Waals surface area (Å²) in [5.41, 5.74) is 0. The van der Waals surface area contributed by atoms with Crippen molar-refractivity contribution in [2.45, 2.75) is 6.92 Å². The molecule has 0 saturated heterocycles. The number of hydrogen-bond donors (Lipinski definition) is 1. The molecule has 0 fully saturated rings. The van der Waals surface area contributed by atoms with Crippen LogP contribution in [-0.4, -0.2) is 38.0 Å². The molecule has 90 valence electrons. The lowest BCUT2D eigenvalue weighted by atomic mass is 10.2. The van der Waals surface area contributed by atoms with E-state index >= 15 is 0 Å². The van der Waals surface area contributed by atoms with Crippen LogP contribution in [0.1, 0.15) is 6.92 Å². The van der Waals surface area contributed by atoms with Crippen LogP contribution in [0.25, 0.3) is 0 Å². The van der Waals surface area contributed by atoms with Crippen LogP contribution in [0.5, 0.6) is 0 Å². The topological polar surface area (TPSA) is 88.4 Å². The number of nitrogens with zero attached hydrogens (tertiary/aromatic N) is 1. The minimum atomic E-state index is -1.41. The first kappa shape index (κ1) is 14.7. The fourth-order valence-electron chi connectivity index (χ4n) is 0.750. The lowest BCUT2D eigenvalue weighted by molar-refractivity contribution is -0.149. The minimum absolute atomic E-state index is 0.140. The van der Waals surface area contributed by atoms with E-state index in [-0.39, 0.29) is 6.61 Å². The summed E-state index contributed by atoms with van der Waals surface area (Å²) in [5, 5.41) is 8.65. The molecule has 1 N–H and O–H groups in total. The van der Waals surface area contributed by atoms with Gasteiger partial charge >= 0.3 is 5.97 Å². The van der Waals surface area contributed by atoms with Crippen molar-refractivity contribution < 1.29 is 19.1 Å². The number of rotatable bonds is 7. The molecule has 0 saturated carbocycles. The summed E-state index contributed by atoms with van der Waals surface area (Å²) < 4.78 is 11.7. The van der Waals surface area contributed by atoms with Crippen molar-refractivity contribution in [3.05, 3.63) is 0 Å². The maximum absolute atomic E-state index is 11.4. The molecule has 0 aromatic carbocycles. The molecule has 0 aliphatic rings. The highest BCUT2D eigenvalue weighted by atomic mass is 32.2. The Balaban J connectivity index is 4.02. The van der Waals surface area contributed by atoms with E-state index in [9.17, 15) is 9.59 Å². The SMILES string of the molecule is CCOC(=O)C(C#N)C(=O)NSCCOC. The molecule has 6 nitrogen and oxygen atoms in total. The van der Waals surface area contributed by atoms with Gasteiger partial charge in [-0.2, -0.15) is 5.26 Å². The second kappa shape index (κ2) is 9.00. The summed E-state index contributed by atoms with van der Waals surface area (Å²) in [7, 11) is 1.54. The van der Waals surface area contributed by atoms with Gasteiger partial charge in [-0.05, 0) is 18.9 Å². The molecule has 0 aliphatic heterocycles. The number of carbonyl (C=O) groups is 2. The predicted molar refractivity (Wildman–Crippen MR) is 58.2 cm³/mol. The van der Waals surface area contributed by atoms with E-state index in [2.05, 4.69) is 9.46 Å². The fourth-order valence-corrected chi connectivity index (χ4v) is 1.36. The van der Waals surface area contributed by atoms with Gasteiger partial charge in [0.15, 0.2) is 0 Å². The summed E-state index contributed by atoms with van der Waals surface area (Å²) in [6.07, 6.45) is 0. The summed E-state index contributed by atoms with van der Waals surface area (Å²) in [6, 6.07) is 1.60. The minimum Gasteiger partial charge on any atom is -0.465 e. The Morgan fingerprint density at radius 2 is 2.25 bits per heavy atom. The van der Waals surface area contributed by atoms with Gasteiger partial charge in [0, 0.05) is 12.9 Å². The quantitative estimate of drug-likeness (QED) is 0.296. The molecule has 0 heterocycles. The highest BCUT2D eigenvalue weighted by molar-refractivity contribution is 7.97. The predicted octanol–water partition coefficient (Wildman–Crippen LogP) is 0.100. The van der Waals surface area contributed by atoms with Crippen LogP contribution in [0.4, 0.5) is 0 Å². The van der Waals surface area contributed by atoms with Gasteiger partial charge in [0.25, 0.3) is 5.91 Å². The maximum Gasteiger partial charge on any atom is 0.333 e. The summed E-state index contributed by atoms with van der Waals surface area (Å²) >= 11 is 1.08. The summed E-state index contributed by atoms with van der Waals surface area (Å²) in [5.74, 6) is -2.35. The van der Waals surface area contributed by atoms with Crippen LogP contribution in [0.3, 0.4) is 0 Å². The lowest BCUT2D eigenvalue weighted by Gasteiger charge is -2.08. The molecule has 1 atom stereocenters. The van der Waals surface area contributed by atoms with Gasteiger partial charge in [0.2, 0.25) is 5.92 Å². The van der Waals surface area contributed by atoms with Crippen molar-refractivity contribution in [2.75, 3.05) is 26.1 Å². The molecule has 0 aromatic heterocycles. The average Bonchev–Trinajstić information content (AvgIpc) is 2.26. The van der Waals surface area contributed by atoms with E-state index in [1.165, 1.54) is 0 Å². The van der Waals surface area contributed by atoms with Gasteiger partial charge in [0.05, 0.1) is 19.3 Å². The Kier molecular flexibility index (Phi) is 8.29. The summed E-state index contributed by atoms with van der Waals surface area (Å²) in [6.45, 7) is 2.22. The zero-order chi connectivity index (χ0) is 12.4. The third-order valence-electron chi connectivity index (χ3n) is 1.48. The fraction of sp³-hybridized carbons (Fsp3) is 0.667. The van der Waals surface area contributed by atoms with E-state index < -0.39 is 17.8 Å². The Labute approximate surface area is 98.4 Å². The third kappa shape index (κ3) is 5.58. The number of amides is 1. The van der Waals surface area contributed by atoms with E-state index in [1.807, 2.05) is 0 Å². The normalized spacial score (nSPS) is 11.3. The number of nitrogens with one attached hydrogen (secondary N) is 1. The molecule has 0 aliphatic carbocycles. The van der Waals surface area contributed by atoms with Crippen LogP contribution in [0.2, 0.25) is 0 Å². The number of methoxy groups -OCH3 is 1. The van der Waals surface area contributed by atoms with Crippen molar-refractivity contribution >= 4 is 23.8 Å². The van der Waals surface area contributed by atoms with Crippen molar-refractivity contribution in [3.8, 4) is 6.07 Å². The van der Waals surface area contributed by atoms with Crippen molar-refractivity contribution in [3.63, 3.8) is 0 Å². The van der Waals surface area contributed by atoms with Crippen molar-refractivity contribution in [1.29, 1.82) is 5.26 Å². The maximum atomic E-state index is 11.4. The van der Waals surface area contributed by atoms with Crippen molar-refractivity contribution in [2.24, 2.45) is 5.92 Å². The van der Waals surface area contributed by atoms with E-state index in [0.717, 1.165) is 11.9 Å². The van der Waals surface area contributed by atoms with E-state index in [4.69, 9.17) is 10.00 Å². The van der Waals surface area contributed by atoms with Gasteiger partial charge in [0.1, 0.15) is 0 Å². The zero-order valence-electron chi connectivity index (χ0n) is 9.19. The van der Waals surface area contributed by atoms with Crippen LogP contribution in [-0.2, 0) is 19.1 Å². The molecule has 0 rings (SSSR count). The smallest absolute Gasteiger partial charge is 0.333 e. The van der Waals surface area contributed by atoms with Gasteiger partial charge in [-0.3, -0.25) is 14.3 Å². The molecule has 0 radical (unpaired) electrons. The molecule has 0 aromatic rings. The average molecular weight is 246 g/mol. The van der Waals surface area contributed by atoms with E-state index in [1.54, 1.807) is 20.1 Å². The van der Waals surface area contributed by atoms with Gasteiger partial charge in [-0.25, -0.2) is 0 Å². The van der Waals surface area contributed by atoms with Gasteiger partial charge in [-0.1, -0.05) is 0 Å². The first-order valence-electron chi connectivity index (χ1n) is 4.64. The van der Waals surface area contributed by atoms with Crippen LogP contribution in [0.15, 0.2) is 0 Å². The highest BCUT2D eigenvalue weighted by Gasteiger charge is 2.27. The molecule has 1 amide bonds. The molecule has 7 heteroatoms. The largest absolute Gasteiger partial charge is 0.465 e. The van der Waals surface area contributed by atoms with Crippen LogP contribution >= 0.6 is 11.9 Å². The first-order valence-corrected chi connectivity index (χ1v) is 5.62. The lowest BCUT2D eigenvalue weighted by Crippen LogP contribution is -2.32. The molecular weight excluding hydrogens is 232 g/mol. The first-order chi connectivity index (χ1) is 7.67. The molecule has 0 bridgehead atoms. The van der Waals surface area contributed by atoms with Crippen LogP contribution < -0.4 is 4.72 Å². The highest BCUT2D eigenvalue weighted by Crippen LogP contribution is 2.02. The molecular formula is C9H14N2O4S. The molecule has 0 spiro atoms. The Hall–Kier alpha value is -1.26. The number of hydrogen-bond acceptors (Lipinski definition) is 6.